The molecule has 0 bridgehead atoms. The molecule has 4 heteroatoms. The second-order valence-electron chi connectivity index (χ2n) is 5.46. The maximum atomic E-state index is 4.43. The molecule has 0 spiro atoms. The van der Waals surface area contributed by atoms with Gasteiger partial charge in [0.25, 0.3) is 0 Å². The molecule has 1 heterocycles. The highest BCUT2D eigenvalue weighted by Gasteiger charge is 2.14. The van der Waals surface area contributed by atoms with Gasteiger partial charge in [-0.3, -0.25) is 0 Å². The van der Waals surface area contributed by atoms with Crippen LogP contribution in [0.5, 0.6) is 0 Å². The van der Waals surface area contributed by atoms with Gasteiger partial charge in [0.05, 0.1) is 0 Å². The molecule has 0 unspecified atom stereocenters. The Balaban J connectivity index is 2.34. The van der Waals surface area contributed by atoms with Crippen LogP contribution in [0.2, 0.25) is 0 Å². The normalized spacial score (nSPS) is 11.6. The summed E-state index contributed by atoms with van der Waals surface area (Å²) in [6, 6.07) is 8.44. The molecule has 4 nitrogen and oxygen atoms in total. The minimum Gasteiger partial charge on any atom is -0.357 e. The minimum absolute atomic E-state index is 0.173. The molecule has 0 fully saturated rings. The summed E-state index contributed by atoms with van der Waals surface area (Å²) in [4.78, 5) is 4.43. The summed E-state index contributed by atoms with van der Waals surface area (Å²) in [5.74, 6) is 1.52. The summed E-state index contributed by atoms with van der Waals surface area (Å²) >= 11 is 0. The molecule has 1 aromatic heterocycles. The third-order valence-electron chi connectivity index (χ3n) is 3.00. The van der Waals surface area contributed by atoms with E-state index < -0.39 is 0 Å². The molecule has 0 amide bonds. The summed E-state index contributed by atoms with van der Waals surface area (Å²) < 4.78 is 1.74. The zero-order valence-electron chi connectivity index (χ0n) is 11.7. The van der Waals surface area contributed by atoms with Crippen LogP contribution in [0.4, 0.5) is 5.95 Å². The lowest BCUT2D eigenvalue weighted by molar-refractivity contribution is 0.590. The van der Waals surface area contributed by atoms with Crippen LogP contribution in [0.3, 0.4) is 0 Å². The van der Waals surface area contributed by atoms with Crippen LogP contribution >= 0.6 is 0 Å². The van der Waals surface area contributed by atoms with Crippen LogP contribution < -0.4 is 5.32 Å². The number of aromatic nitrogens is 3. The lowest BCUT2D eigenvalue weighted by atomic mass is 9.87. The number of nitrogens with zero attached hydrogens (tertiary/aromatic N) is 3. The summed E-state index contributed by atoms with van der Waals surface area (Å²) in [7, 11) is 3.72. The van der Waals surface area contributed by atoms with Gasteiger partial charge in [-0.2, -0.15) is 4.98 Å². The van der Waals surface area contributed by atoms with Crippen molar-refractivity contribution >= 4 is 5.95 Å². The van der Waals surface area contributed by atoms with E-state index in [1.165, 1.54) is 5.56 Å². The van der Waals surface area contributed by atoms with Gasteiger partial charge >= 0.3 is 0 Å². The molecular formula is C14H20N4. The molecule has 96 valence electrons. The SMILES string of the molecule is CNc1nc(-c2ccc(C(C)(C)C)cc2)nn1C. The van der Waals surface area contributed by atoms with Crippen molar-refractivity contribution in [1.29, 1.82) is 0 Å². The first-order valence-corrected chi connectivity index (χ1v) is 6.11. The zero-order chi connectivity index (χ0) is 13.3. The van der Waals surface area contributed by atoms with E-state index in [2.05, 4.69) is 60.4 Å². The maximum Gasteiger partial charge on any atom is 0.221 e. The van der Waals surface area contributed by atoms with Crippen LogP contribution in [0.15, 0.2) is 24.3 Å². The Morgan fingerprint density at radius 1 is 1.11 bits per heavy atom. The number of anilines is 1. The third kappa shape index (κ3) is 2.37. The fraction of sp³-hybridized carbons (Fsp3) is 0.429. The molecule has 1 aromatic carbocycles. The van der Waals surface area contributed by atoms with Gasteiger partial charge in [0.1, 0.15) is 0 Å². The molecule has 0 saturated heterocycles. The van der Waals surface area contributed by atoms with Crippen molar-refractivity contribution in [1.82, 2.24) is 14.8 Å². The zero-order valence-corrected chi connectivity index (χ0v) is 11.7. The Morgan fingerprint density at radius 2 is 1.72 bits per heavy atom. The topological polar surface area (TPSA) is 42.7 Å². The second kappa shape index (κ2) is 4.44. The molecule has 0 aliphatic heterocycles. The Labute approximate surface area is 108 Å². The molecule has 0 aliphatic carbocycles. The monoisotopic (exact) mass is 244 g/mol. The first-order chi connectivity index (χ1) is 8.41. The Hall–Kier alpha value is -1.84. The van der Waals surface area contributed by atoms with E-state index in [4.69, 9.17) is 0 Å². The van der Waals surface area contributed by atoms with Crippen LogP contribution in [0.1, 0.15) is 26.3 Å². The third-order valence-corrected chi connectivity index (χ3v) is 3.00. The average Bonchev–Trinajstić information content (AvgIpc) is 2.69. The Morgan fingerprint density at radius 3 is 2.17 bits per heavy atom. The largest absolute Gasteiger partial charge is 0.357 e. The van der Waals surface area contributed by atoms with Gasteiger partial charge in [-0.1, -0.05) is 45.0 Å². The second-order valence-corrected chi connectivity index (χ2v) is 5.46. The van der Waals surface area contributed by atoms with Gasteiger partial charge < -0.3 is 5.32 Å². The number of aryl methyl sites for hydroxylation is 1. The molecule has 0 radical (unpaired) electrons. The van der Waals surface area contributed by atoms with E-state index in [0.717, 1.165) is 17.3 Å². The van der Waals surface area contributed by atoms with Crippen molar-refractivity contribution in [2.24, 2.45) is 7.05 Å². The van der Waals surface area contributed by atoms with Gasteiger partial charge in [-0.15, -0.1) is 5.10 Å². The van der Waals surface area contributed by atoms with E-state index in [1.807, 2.05) is 14.1 Å². The molecule has 2 aromatic rings. The Bertz CT molecular complexity index is 532. The number of hydrogen-bond acceptors (Lipinski definition) is 3. The molecule has 2 rings (SSSR count). The fourth-order valence-corrected chi connectivity index (χ4v) is 1.84. The molecule has 0 aliphatic rings. The van der Waals surface area contributed by atoms with Crippen molar-refractivity contribution in [2.75, 3.05) is 12.4 Å². The first kappa shape index (κ1) is 12.6. The van der Waals surface area contributed by atoms with E-state index in [9.17, 15) is 0 Å². The molecule has 0 atom stereocenters. The van der Waals surface area contributed by atoms with Crippen molar-refractivity contribution in [3.8, 4) is 11.4 Å². The Kier molecular flexibility index (Phi) is 3.11. The highest BCUT2D eigenvalue weighted by Crippen LogP contribution is 2.25. The highest BCUT2D eigenvalue weighted by atomic mass is 15.4. The number of nitrogens with one attached hydrogen (secondary N) is 1. The number of rotatable bonds is 2. The van der Waals surface area contributed by atoms with Crippen LogP contribution in [-0.4, -0.2) is 21.8 Å². The highest BCUT2D eigenvalue weighted by molar-refractivity contribution is 5.57. The van der Waals surface area contributed by atoms with Crippen LogP contribution in [0, 0.1) is 0 Å². The van der Waals surface area contributed by atoms with Crippen LogP contribution in [0.25, 0.3) is 11.4 Å². The predicted octanol–water partition coefficient (Wildman–Crippen LogP) is 2.82. The smallest absolute Gasteiger partial charge is 0.221 e. The standard InChI is InChI=1S/C14H20N4/c1-14(2,3)11-8-6-10(7-9-11)12-16-13(15-4)18(5)17-12/h6-9H,1-5H3,(H,15,16,17). The molecule has 0 saturated carbocycles. The van der Waals surface area contributed by atoms with E-state index in [0.29, 0.717) is 0 Å². The van der Waals surface area contributed by atoms with Crippen molar-refractivity contribution in [2.45, 2.75) is 26.2 Å². The summed E-state index contributed by atoms with van der Waals surface area (Å²) in [5.41, 5.74) is 2.53. The van der Waals surface area contributed by atoms with Crippen molar-refractivity contribution in [3.63, 3.8) is 0 Å². The lowest BCUT2D eigenvalue weighted by Crippen LogP contribution is -2.10. The summed E-state index contributed by atoms with van der Waals surface area (Å²) in [5, 5.41) is 7.40. The summed E-state index contributed by atoms with van der Waals surface area (Å²) in [6.07, 6.45) is 0. The predicted molar refractivity (Wildman–Crippen MR) is 74.7 cm³/mol. The number of hydrogen-bond donors (Lipinski definition) is 1. The summed E-state index contributed by atoms with van der Waals surface area (Å²) in [6.45, 7) is 6.63. The molecule has 1 N–H and O–H groups in total. The van der Waals surface area contributed by atoms with E-state index >= 15 is 0 Å². The average molecular weight is 244 g/mol. The number of benzene rings is 1. The molecular weight excluding hydrogens is 224 g/mol. The van der Waals surface area contributed by atoms with E-state index in [-0.39, 0.29) is 5.41 Å². The lowest BCUT2D eigenvalue weighted by Gasteiger charge is -2.18. The van der Waals surface area contributed by atoms with Gasteiger partial charge in [0.15, 0.2) is 5.82 Å². The van der Waals surface area contributed by atoms with Crippen LogP contribution in [-0.2, 0) is 12.5 Å². The first-order valence-electron chi connectivity index (χ1n) is 6.11. The van der Waals surface area contributed by atoms with Crippen molar-refractivity contribution < 1.29 is 0 Å². The quantitative estimate of drug-likeness (QED) is 0.883. The van der Waals surface area contributed by atoms with Crippen molar-refractivity contribution in [3.05, 3.63) is 29.8 Å². The van der Waals surface area contributed by atoms with Gasteiger partial charge in [0, 0.05) is 19.7 Å². The molecule has 18 heavy (non-hydrogen) atoms. The van der Waals surface area contributed by atoms with Gasteiger partial charge in [0.2, 0.25) is 5.95 Å². The fourth-order valence-electron chi connectivity index (χ4n) is 1.84. The van der Waals surface area contributed by atoms with Gasteiger partial charge in [-0.25, -0.2) is 4.68 Å². The van der Waals surface area contributed by atoms with E-state index in [1.54, 1.807) is 4.68 Å². The van der Waals surface area contributed by atoms with Gasteiger partial charge in [-0.05, 0) is 11.0 Å². The maximum absolute atomic E-state index is 4.43. The minimum atomic E-state index is 0.173.